The summed E-state index contributed by atoms with van der Waals surface area (Å²) in [5.74, 6) is -3.44. The molecule has 0 amide bonds. The minimum absolute atomic E-state index is 0.167. The van der Waals surface area contributed by atoms with E-state index in [2.05, 4.69) is 6.58 Å². The fourth-order valence-electron chi connectivity index (χ4n) is 4.79. The molecular weight excluding hydrogens is 364 g/mol. The fraction of sp³-hybridized carbons (Fsp3) is 0.667. The van der Waals surface area contributed by atoms with Crippen LogP contribution in [-0.2, 0) is 28.6 Å². The third kappa shape index (κ3) is 3.15. The van der Waals surface area contributed by atoms with Crippen molar-refractivity contribution in [1.82, 2.24) is 0 Å². The van der Waals surface area contributed by atoms with E-state index in [9.17, 15) is 19.5 Å². The summed E-state index contributed by atoms with van der Waals surface area (Å²) in [6, 6.07) is 0. The van der Waals surface area contributed by atoms with Gasteiger partial charge in [0.25, 0.3) is 0 Å². The number of fused-ring (bicyclic) bond motifs is 3. The first-order valence-corrected chi connectivity index (χ1v) is 9.63. The van der Waals surface area contributed by atoms with Gasteiger partial charge in [0.1, 0.15) is 11.7 Å². The van der Waals surface area contributed by atoms with Crippen molar-refractivity contribution in [3.8, 4) is 0 Å². The zero-order valence-corrected chi connectivity index (χ0v) is 16.9. The summed E-state index contributed by atoms with van der Waals surface area (Å²) in [6.45, 7) is 12.0. The summed E-state index contributed by atoms with van der Waals surface area (Å²) in [6.07, 6.45) is -0.321. The molecule has 0 spiro atoms. The maximum absolute atomic E-state index is 12.4. The third-order valence-electron chi connectivity index (χ3n) is 6.26. The highest BCUT2D eigenvalue weighted by molar-refractivity contribution is 5.91. The van der Waals surface area contributed by atoms with Gasteiger partial charge in [-0.15, -0.1) is 0 Å². The minimum atomic E-state index is -1.50. The molecule has 3 rings (SSSR count). The maximum atomic E-state index is 12.4. The molecule has 2 fully saturated rings. The average Bonchev–Trinajstić information content (AvgIpc) is 3.09. The van der Waals surface area contributed by atoms with Crippen molar-refractivity contribution in [3.63, 3.8) is 0 Å². The average molecular weight is 392 g/mol. The van der Waals surface area contributed by atoms with Crippen LogP contribution in [0.4, 0.5) is 0 Å². The van der Waals surface area contributed by atoms with Crippen LogP contribution in [0.25, 0.3) is 0 Å². The van der Waals surface area contributed by atoms with Crippen molar-refractivity contribution in [3.05, 3.63) is 23.8 Å². The van der Waals surface area contributed by atoms with Crippen LogP contribution in [0.5, 0.6) is 0 Å². The highest BCUT2D eigenvalue weighted by Gasteiger charge is 2.64. The summed E-state index contributed by atoms with van der Waals surface area (Å²) in [4.78, 5) is 36.7. The number of carbonyl (C=O) groups is 3. The Morgan fingerprint density at radius 3 is 2.54 bits per heavy atom. The van der Waals surface area contributed by atoms with Crippen molar-refractivity contribution in [2.45, 2.75) is 65.0 Å². The second-order valence-corrected chi connectivity index (χ2v) is 8.55. The first-order chi connectivity index (χ1) is 13.0. The summed E-state index contributed by atoms with van der Waals surface area (Å²) >= 11 is 0. The Morgan fingerprint density at radius 2 is 1.96 bits per heavy atom. The molecule has 154 valence electrons. The molecule has 0 radical (unpaired) electrons. The molecule has 1 aliphatic heterocycles. The maximum Gasteiger partial charge on any atom is 0.334 e. The minimum Gasteiger partial charge on any atom is -0.458 e. The van der Waals surface area contributed by atoms with Gasteiger partial charge in [-0.1, -0.05) is 32.1 Å². The lowest BCUT2D eigenvalue weighted by Gasteiger charge is -2.40. The lowest BCUT2D eigenvalue weighted by molar-refractivity contribution is -0.199. The first kappa shape index (κ1) is 20.6. The van der Waals surface area contributed by atoms with Crippen molar-refractivity contribution in [2.75, 3.05) is 0 Å². The molecule has 2 aliphatic carbocycles. The second kappa shape index (κ2) is 7.03. The number of rotatable bonds is 3. The smallest absolute Gasteiger partial charge is 0.334 e. The Kier molecular flexibility index (Phi) is 5.17. The van der Waals surface area contributed by atoms with E-state index in [4.69, 9.17) is 14.2 Å². The van der Waals surface area contributed by atoms with Gasteiger partial charge in [-0.25, -0.2) is 4.79 Å². The second-order valence-electron chi connectivity index (χ2n) is 8.55. The van der Waals surface area contributed by atoms with E-state index >= 15 is 0 Å². The molecule has 0 unspecified atom stereocenters. The largest absolute Gasteiger partial charge is 0.458 e. The molecular formula is C21H28O7. The van der Waals surface area contributed by atoms with Gasteiger partial charge in [-0.2, -0.15) is 0 Å². The van der Waals surface area contributed by atoms with Gasteiger partial charge in [0, 0.05) is 24.3 Å². The van der Waals surface area contributed by atoms with Crippen LogP contribution in [0, 0.1) is 23.7 Å². The van der Waals surface area contributed by atoms with Gasteiger partial charge in [-0.05, 0) is 20.3 Å². The number of allylic oxidation sites excluding steroid dienone is 1. The van der Waals surface area contributed by atoms with Gasteiger partial charge >= 0.3 is 17.9 Å². The van der Waals surface area contributed by atoms with Gasteiger partial charge in [0.2, 0.25) is 0 Å². The molecule has 7 atom stereocenters. The Balaban J connectivity index is 2.15. The fourth-order valence-corrected chi connectivity index (χ4v) is 4.79. The summed E-state index contributed by atoms with van der Waals surface area (Å²) in [5, 5.41) is 11.5. The molecule has 0 aromatic carbocycles. The summed E-state index contributed by atoms with van der Waals surface area (Å²) in [7, 11) is 0. The zero-order chi connectivity index (χ0) is 21.0. The molecule has 3 aliphatic rings. The Hall–Kier alpha value is -2.15. The predicted molar refractivity (Wildman–Crippen MR) is 98.8 cm³/mol. The normalized spacial score (nSPS) is 39.6. The van der Waals surface area contributed by atoms with Gasteiger partial charge in [-0.3, -0.25) is 9.59 Å². The third-order valence-corrected chi connectivity index (χ3v) is 6.26. The Morgan fingerprint density at radius 1 is 1.32 bits per heavy atom. The predicted octanol–water partition coefficient (Wildman–Crippen LogP) is 1.93. The van der Waals surface area contributed by atoms with Crippen LogP contribution in [0.1, 0.15) is 41.0 Å². The van der Waals surface area contributed by atoms with Crippen LogP contribution in [0.3, 0.4) is 0 Å². The highest BCUT2D eigenvalue weighted by Crippen LogP contribution is 2.53. The molecule has 1 heterocycles. The topological polar surface area (TPSA) is 99.1 Å². The summed E-state index contributed by atoms with van der Waals surface area (Å²) in [5.41, 5.74) is -0.344. The number of hydrogen-bond acceptors (Lipinski definition) is 7. The van der Waals surface area contributed by atoms with E-state index in [-0.39, 0.29) is 17.4 Å². The zero-order valence-electron chi connectivity index (χ0n) is 16.9. The molecule has 7 nitrogen and oxygen atoms in total. The molecule has 1 saturated heterocycles. The molecule has 28 heavy (non-hydrogen) atoms. The Bertz CT molecular complexity index is 748. The Labute approximate surface area is 164 Å². The molecule has 0 bridgehead atoms. The lowest BCUT2D eigenvalue weighted by atomic mass is 9.75. The monoisotopic (exact) mass is 392 g/mol. The molecule has 1 saturated carbocycles. The van der Waals surface area contributed by atoms with Crippen LogP contribution in [-0.4, -0.2) is 46.9 Å². The van der Waals surface area contributed by atoms with Gasteiger partial charge < -0.3 is 19.3 Å². The lowest BCUT2D eigenvalue weighted by Crippen LogP contribution is -2.55. The number of carbonyl (C=O) groups excluding carboxylic acids is 3. The highest BCUT2D eigenvalue weighted by atomic mass is 16.6. The SMILES string of the molecule is C=C1C(=O)O[C@H]2[C@H]1[C@@H](OC(=O)C(C)C)[C@@H](OC(C)=O)[C@@](C)(O)[C@@H]1CC=C(C)[C@H]21. The van der Waals surface area contributed by atoms with E-state index in [1.807, 2.05) is 13.0 Å². The van der Waals surface area contributed by atoms with Crippen molar-refractivity contribution in [2.24, 2.45) is 23.7 Å². The van der Waals surface area contributed by atoms with Crippen molar-refractivity contribution < 1.29 is 33.7 Å². The van der Waals surface area contributed by atoms with E-state index in [0.717, 1.165) is 5.57 Å². The van der Waals surface area contributed by atoms with Crippen LogP contribution in [0.15, 0.2) is 23.8 Å². The standard InChI is InChI=1S/C21H28O7/c1-9(2)19(23)28-17-15-11(4)20(24)27-16(15)14-10(3)7-8-13(14)21(6,25)18(17)26-12(5)22/h7,9,13-18,25H,4,8H2,1-3,5-6H3/t13-,14+,15+,16-,17-,18-,21+/m1/s1. The van der Waals surface area contributed by atoms with Gasteiger partial charge in [0.15, 0.2) is 12.2 Å². The molecule has 7 heteroatoms. The van der Waals surface area contributed by atoms with Crippen molar-refractivity contribution >= 4 is 17.9 Å². The number of ether oxygens (including phenoxy) is 3. The van der Waals surface area contributed by atoms with E-state index in [1.165, 1.54) is 6.92 Å². The number of esters is 3. The van der Waals surface area contributed by atoms with E-state index in [1.54, 1.807) is 20.8 Å². The van der Waals surface area contributed by atoms with E-state index in [0.29, 0.717) is 6.42 Å². The van der Waals surface area contributed by atoms with Crippen LogP contribution >= 0.6 is 0 Å². The summed E-state index contributed by atoms with van der Waals surface area (Å²) < 4.78 is 16.9. The van der Waals surface area contributed by atoms with Gasteiger partial charge in [0.05, 0.1) is 11.8 Å². The molecule has 0 aromatic rings. The molecule has 0 aromatic heterocycles. The first-order valence-electron chi connectivity index (χ1n) is 9.63. The number of aliphatic hydroxyl groups is 1. The molecule has 1 N–H and O–H groups in total. The van der Waals surface area contributed by atoms with E-state index < -0.39 is 53.7 Å². The van der Waals surface area contributed by atoms with Crippen LogP contribution in [0.2, 0.25) is 0 Å². The van der Waals surface area contributed by atoms with Crippen LogP contribution < -0.4 is 0 Å². The quantitative estimate of drug-likeness (QED) is 0.339. The number of hydrogen-bond donors (Lipinski definition) is 1. The van der Waals surface area contributed by atoms with Crippen molar-refractivity contribution in [1.29, 1.82) is 0 Å².